The van der Waals surface area contributed by atoms with E-state index in [4.69, 9.17) is 0 Å². The second kappa shape index (κ2) is 8.87. The molecule has 3 unspecified atom stereocenters. The molecule has 1 saturated carbocycles. The minimum absolute atomic E-state index is 0.0490. The van der Waals surface area contributed by atoms with E-state index < -0.39 is 46.8 Å². The molecule has 0 spiro atoms. The SMILES string of the molecule is CCC(C)C(=O)C1C(=O)[C@H](CC=C(C)C)[C@](O)(C(O)CC=C(C)C)C1=O. The van der Waals surface area contributed by atoms with Gasteiger partial charge < -0.3 is 10.2 Å². The Hall–Kier alpha value is -1.59. The fraction of sp³-hybridized carbons (Fsp3) is 0.667. The number of allylic oxidation sites excluding steroid dienone is 3. The van der Waals surface area contributed by atoms with Crippen LogP contribution in [-0.2, 0) is 14.4 Å². The van der Waals surface area contributed by atoms with Crippen LogP contribution in [0.5, 0.6) is 0 Å². The Morgan fingerprint density at radius 1 is 1.15 bits per heavy atom. The van der Waals surface area contributed by atoms with Gasteiger partial charge in [0.15, 0.2) is 23.0 Å². The molecule has 1 aliphatic carbocycles. The summed E-state index contributed by atoms with van der Waals surface area (Å²) in [6.45, 7) is 10.9. The first-order valence-corrected chi connectivity index (χ1v) is 9.27. The number of carbonyl (C=O) groups is 3. The van der Waals surface area contributed by atoms with Crippen LogP contribution in [0.25, 0.3) is 0 Å². The fourth-order valence-corrected chi connectivity index (χ4v) is 3.28. The van der Waals surface area contributed by atoms with E-state index in [0.717, 1.165) is 11.1 Å². The quantitative estimate of drug-likeness (QED) is 0.510. The lowest BCUT2D eigenvalue weighted by atomic mass is 9.80. The molecule has 1 aliphatic rings. The highest BCUT2D eigenvalue weighted by Gasteiger charge is 2.64. The van der Waals surface area contributed by atoms with Crippen LogP contribution in [0.3, 0.4) is 0 Å². The lowest BCUT2D eigenvalue weighted by molar-refractivity contribution is -0.156. The van der Waals surface area contributed by atoms with E-state index in [0.29, 0.717) is 6.42 Å². The summed E-state index contributed by atoms with van der Waals surface area (Å²) >= 11 is 0. The van der Waals surface area contributed by atoms with Crippen LogP contribution in [0.15, 0.2) is 23.3 Å². The summed E-state index contributed by atoms with van der Waals surface area (Å²) in [6, 6.07) is 0. The van der Waals surface area contributed by atoms with Crippen LogP contribution < -0.4 is 0 Å². The number of aliphatic hydroxyl groups is 2. The van der Waals surface area contributed by atoms with Gasteiger partial charge in [-0.3, -0.25) is 14.4 Å². The van der Waals surface area contributed by atoms with E-state index in [-0.39, 0.29) is 12.8 Å². The number of aliphatic hydroxyl groups excluding tert-OH is 1. The third kappa shape index (κ3) is 4.38. The Kier molecular flexibility index (Phi) is 7.66. The standard InChI is InChI=1S/C21H32O5/c1-7-14(6)18(23)17-19(24)15(10-8-12(2)3)21(26,20(17)25)16(22)11-9-13(4)5/h8-9,14-17,22,26H,7,10-11H2,1-6H3/t14?,15-,16?,17?,21-/m0/s1. The molecule has 5 atom stereocenters. The molecule has 2 N–H and O–H groups in total. The second-order valence-electron chi connectivity index (χ2n) is 7.84. The van der Waals surface area contributed by atoms with Crippen LogP contribution in [0.2, 0.25) is 0 Å². The smallest absolute Gasteiger partial charge is 0.185 e. The predicted octanol–water partition coefficient (Wildman–Crippen LogP) is 2.79. The summed E-state index contributed by atoms with van der Waals surface area (Å²) in [5, 5.41) is 21.7. The highest BCUT2D eigenvalue weighted by atomic mass is 16.4. The van der Waals surface area contributed by atoms with Gasteiger partial charge in [0.25, 0.3) is 0 Å². The van der Waals surface area contributed by atoms with Gasteiger partial charge in [0, 0.05) is 5.92 Å². The highest BCUT2D eigenvalue weighted by molar-refractivity contribution is 6.28. The summed E-state index contributed by atoms with van der Waals surface area (Å²) in [4.78, 5) is 38.4. The lowest BCUT2D eigenvalue weighted by Crippen LogP contribution is -2.52. The molecule has 0 bridgehead atoms. The van der Waals surface area contributed by atoms with Crippen LogP contribution in [0, 0.1) is 17.8 Å². The molecule has 0 radical (unpaired) electrons. The zero-order valence-electron chi connectivity index (χ0n) is 16.7. The fourth-order valence-electron chi connectivity index (χ4n) is 3.28. The summed E-state index contributed by atoms with van der Waals surface area (Å²) in [7, 11) is 0. The lowest BCUT2D eigenvalue weighted by Gasteiger charge is -2.31. The third-order valence-corrected chi connectivity index (χ3v) is 5.22. The Morgan fingerprint density at radius 3 is 2.15 bits per heavy atom. The molecule has 0 aromatic rings. The maximum Gasteiger partial charge on any atom is 0.185 e. The molecule has 0 aliphatic heterocycles. The molecule has 5 nitrogen and oxygen atoms in total. The summed E-state index contributed by atoms with van der Waals surface area (Å²) < 4.78 is 0. The molecule has 0 aromatic heterocycles. The van der Waals surface area contributed by atoms with E-state index in [1.165, 1.54) is 0 Å². The van der Waals surface area contributed by atoms with E-state index in [1.807, 2.05) is 34.6 Å². The average molecular weight is 364 g/mol. The van der Waals surface area contributed by atoms with Crippen LogP contribution in [-0.4, -0.2) is 39.3 Å². The number of hydrogen-bond acceptors (Lipinski definition) is 5. The van der Waals surface area contributed by atoms with Crippen molar-refractivity contribution >= 4 is 17.3 Å². The molecule has 0 amide bonds. The van der Waals surface area contributed by atoms with Crippen molar-refractivity contribution in [1.82, 2.24) is 0 Å². The highest BCUT2D eigenvalue weighted by Crippen LogP contribution is 2.41. The zero-order chi connectivity index (χ0) is 20.2. The number of hydrogen-bond donors (Lipinski definition) is 2. The van der Waals surface area contributed by atoms with Crippen LogP contribution in [0.4, 0.5) is 0 Å². The minimum Gasteiger partial charge on any atom is -0.389 e. The van der Waals surface area contributed by atoms with Crippen LogP contribution >= 0.6 is 0 Å². The monoisotopic (exact) mass is 364 g/mol. The number of rotatable bonds is 8. The predicted molar refractivity (Wildman–Crippen MR) is 101 cm³/mol. The van der Waals surface area contributed by atoms with Gasteiger partial charge in [0.05, 0.1) is 12.0 Å². The van der Waals surface area contributed by atoms with Crippen molar-refractivity contribution in [2.24, 2.45) is 17.8 Å². The van der Waals surface area contributed by atoms with Gasteiger partial charge in [-0.25, -0.2) is 0 Å². The molecule has 26 heavy (non-hydrogen) atoms. The van der Waals surface area contributed by atoms with Gasteiger partial charge >= 0.3 is 0 Å². The topological polar surface area (TPSA) is 91.7 Å². The van der Waals surface area contributed by atoms with Gasteiger partial charge in [-0.15, -0.1) is 0 Å². The molecular formula is C21H32O5. The van der Waals surface area contributed by atoms with E-state index in [9.17, 15) is 24.6 Å². The largest absolute Gasteiger partial charge is 0.389 e. The Balaban J connectivity index is 3.35. The first-order chi connectivity index (χ1) is 12.0. The van der Waals surface area contributed by atoms with Gasteiger partial charge in [-0.2, -0.15) is 0 Å². The molecular weight excluding hydrogens is 332 g/mol. The van der Waals surface area contributed by atoms with Crippen molar-refractivity contribution in [3.05, 3.63) is 23.3 Å². The molecule has 1 rings (SSSR count). The maximum absolute atomic E-state index is 12.9. The Bertz CT molecular complexity index is 622. The first kappa shape index (κ1) is 22.5. The van der Waals surface area contributed by atoms with Crippen molar-refractivity contribution in [3.8, 4) is 0 Å². The Morgan fingerprint density at radius 2 is 1.69 bits per heavy atom. The maximum atomic E-state index is 12.9. The minimum atomic E-state index is -2.23. The van der Waals surface area contributed by atoms with Crippen molar-refractivity contribution in [3.63, 3.8) is 0 Å². The van der Waals surface area contributed by atoms with Crippen molar-refractivity contribution < 1.29 is 24.6 Å². The summed E-state index contributed by atoms with van der Waals surface area (Å²) in [5.74, 6) is -4.93. The van der Waals surface area contributed by atoms with Crippen molar-refractivity contribution in [2.45, 2.75) is 72.5 Å². The van der Waals surface area contributed by atoms with Gasteiger partial charge in [0.1, 0.15) is 5.92 Å². The zero-order valence-corrected chi connectivity index (χ0v) is 16.7. The molecule has 1 fully saturated rings. The second-order valence-corrected chi connectivity index (χ2v) is 7.84. The van der Waals surface area contributed by atoms with E-state index in [1.54, 1.807) is 19.1 Å². The van der Waals surface area contributed by atoms with Crippen molar-refractivity contribution in [2.75, 3.05) is 0 Å². The molecule has 0 saturated heterocycles. The van der Waals surface area contributed by atoms with Gasteiger partial charge in [0.2, 0.25) is 0 Å². The molecule has 0 aromatic carbocycles. The number of ketones is 3. The van der Waals surface area contributed by atoms with E-state index >= 15 is 0 Å². The average Bonchev–Trinajstić information content (AvgIpc) is 2.76. The van der Waals surface area contributed by atoms with E-state index in [2.05, 4.69) is 0 Å². The molecule has 146 valence electrons. The third-order valence-electron chi connectivity index (χ3n) is 5.22. The van der Waals surface area contributed by atoms with Gasteiger partial charge in [-0.05, 0) is 47.0 Å². The van der Waals surface area contributed by atoms with Crippen molar-refractivity contribution in [1.29, 1.82) is 0 Å². The number of carbonyl (C=O) groups excluding carboxylic acids is 3. The summed E-state index contributed by atoms with van der Waals surface area (Å²) in [5.41, 5.74) is -0.372. The normalized spacial score (nSPS) is 27.8. The summed E-state index contributed by atoms with van der Waals surface area (Å²) in [6.07, 6.45) is 2.71. The first-order valence-electron chi connectivity index (χ1n) is 9.27. The number of Topliss-reactive ketones (excluding diaryl/α,β-unsaturated/α-hetero) is 3. The molecule has 0 heterocycles. The van der Waals surface area contributed by atoms with Crippen LogP contribution in [0.1, 0.15) is 60.8 Å². The molecule has 5 heteroatoms. The van der Waals surface area contributed by atoms with Gasteiger partial charge in [-0.1, -0.05) is 37.1 Å². The Labute approximate surface area is 156 Å².